The van der Waals surface area contributed by atoms with Crippen molar-refractivity contribution in [2.75, 3.05) is 5.32 Å². The number of anilines is 1. The molecule has 7 nitrogen and oxygen atoms in total. The van der Waals surface area contributed by atoms with Crippen LogP contribution >= 0.6 is 11.6 Å². The lowest BCUT2D eigenvalue weighted by molar-refractivity contribution is -0.103. The quantitative estimate of drug-likeness (QED) is 0.521. The summed E-state index contributed by atoms with van der Waals surface area (Å²) >= 11 is 5.90. The second-order valence-electron chi connectivity index (χ2n) is 5.06. The van der Waals surface area contributed by atoms with Gasteiger partial charge in [0.05, 0.1) is 10.5 Å². The minimum atomic E-state index is -3.75. The highest BCUT2D eigenvalue weighted by atomic mass is 35.5. The third-order valence-electron chi connectivity index (χ3n) is 3.30. The molecule has 0 amide bonds. The predicted molar refractivity (Wildman–Crippen MR) is 94.5 cm³/mol. The first-order chi connectivity index (χ1) is 11.9. The van der Waals surface area contributed by atoms with Gasteiger partial charge in [-0.05, 0) is 42.5 Å². The fourth-order valence-electron chi connectivity index (χ4n) is 2.07. The SMILES string of the molecule is NS(=O)(=O)c1ccc(NC=C(C=O)c2nc3cc(Cl)ccc3o2)cc1. The van der Waals surface area contributed by atoms with E-state index in [1.165, 1.54) is 30.5 Å². The van der Waals surface area contributed by atoms with E-state index in [0.29, 0.717) is 28.1 Å². The number of benzene rings is 2. The molecule has 128 valence electrons. The van der Waals surface area contributed by atoms with Crippen LogP contribution in [0.5, 0.6) is 0 Å². The van der Waals surface area contributed by atoms with Crippen LogP contribution < -0.4 is 10.5 Å². The summed E-state index contributed by atoms with van der Waals surface area (Å²) in [5.41, 5.74) is 1.78. The second-order valence-corrected chi connectivity index (χ2v) is 7.06. The first-order valence-corrected chi connectivity index (χ1v) is 8.90. The Kier molecular flexibility index (Phi) is 4.58. The zero-order valence-electron chi connectivity index (χ0n) is 12.6. The van der Waals surface area contributed by atoms with Gasteiger partial charge in [0.25, 0.3) is 0 Å². The molecule has 0 saturated heterocycles. The molecule has 9 heteroatoms. The molecule has 0 aliphatic heterocycles. The van der Waals surface area contributed by atoms with Gasteiger partial charge in [0.2, 0.25) is 15.9 Å². The molecule has 0 aliphatic rings. The molecule has 0 fully saturated rings. The van der Waals surface area contributed by atoms with Crippen LogP contribution in [0.3, 0.4) is 0 Å². The van der Waals surface area contributed by atoms with Crippen molar-refractivity contribution in [1.82, 2.24) is 4.98 Å². The van der Waals surface area contributed by atoms with Crippen LogP contribution in [-0.2, 0) is 14.8 Å². The largest absolute Gasteiger partial charge is 0.436 e. The molecular formula is C16H12ClN3O4S. The molecule has 0 radical (unpaired) electrons. The number of hydrogen-bond acceptors (Lipinski definition) is 6. The Labute approximate surface area is 148 Å². The van der Waals surface area contributed by atoms with Gasteiger partial charge < -0.3 is 9.73 Å². The molecule has 3 rings (SSSR count). The molecule has 2 aromatic carbocycles. The zero-order chi connectivity index (χ0) is 18.0. The zero-order valence-corrected chi connectivity index (χ0v) is 14.2. The third-order valence-corrected chi connectivity index (χ3v) is 4.47. The van der Waals surface area contributed by atoms with Crippen molar-refractivity contribution >= 4 is 50.3 Å². The molecule has 0 spiro atoms. The third kappa shape index (κ3) is 3.87. The summed E-state index contributed by atoms with van der Waals surface area (Å²) in [5.74, 6) is 0.140. The molecule has 0 saturated carbocycles. The maximum Gasteiger partial charge on any atom is 0.238 e. The summed E-state index contributed by atoms with van der Waals surface area (Å²) < 4.78 is 28.0. The van der Waals surface area contributed by atoms with Crippen molar-refractivity contribution in [3.63, 3.8) is 0 Å². The second kappa shape index (κ2) is 6.67. The Hall–Kier alpha value is -2.68. The van der Waals surface area contributed by atoms with E-state index in [-0.39, 0.29) is 16.4 Å². The standard InChI is InChI=1S/C16H12ClN3O4S/c17-11-1-6-15-14(7-11)20-16(24-15)10(9-21)8-19-12-2-4-13(5-3-12)25(18,22)23/h1-9,19H,(H2,18,22,23). The van der Waals surface area contributed by atoms with Crippen LogP contribution in [0, 0.1) is 0 Å². The number of fused-ring (bicyclic) bond motifs is 1. The summed E-state index contributed by atoms with van der Waals surface area (Å²) in [6.07, 6.45) is 2.00. The lowest BCUT2D eigenvalue weighted by Gasteiger charge is -2.03. The topological polar surface area (TPSA) is 115 Å². The smallest absolute Gasteiger partial charge is 0.238 e. The van der Waals surface area contributed by atoms with E-state index in [1.807, 2.05) is 0 Å². The van der Waals surface area contributed by atoms with E-state index in [2.05, 4.69) is 10.3 Å². The van der Waals surface area contributed by atoms with Crippen LogP contribution in [0.2, 0.25) is 5.02 Å². The predicted octanol–water partition coefficient (Wildman–Crippen LogP) is 2.78. The van der Waals surface area contributed by atoms with E-state index < -0.39 is 10.0 Å². The van der Waals surface area contributed by atoms with Gasteiger partial charge in [0, 0.05) is 16.9 Å². The number of sulfonamides is 1. The number of hydrogen-bond donors (Lipinski definition) is 2. The summed E-state index contributed by atoms with van der Waals surface area (Å²) in [4.78, 5) is 15.5. The highest BCUT2D eigenvalue weighted by Gasteiger charge is 2.11. The molecule has 0 aliphatic carbocycles. The van der Waals surface area contributed by atoms with E-state index in [9.17, 15) is 13.2 Å². The Bertz CT molecular complexity index is 1070. The van der Waals surface area contributed by atoms with Gasteiger partial charge in [-0.1, -0.05) is 11.6 Å². The molecule has 0 bridgehead atoms. The van der Waals surface area contributed by atoms with E-state index >= 15 is 0 Å². The Morgan fingerprint density at radius 3 is 2.56 bits per heavy atom. The normalized spacial score (nSPS) is 12.3. The Balaban J connectivity index is 1.85. The van der Waals surface area contributed by atoms with Crippen LogP contribution in [0.15, 0.2) is 58.0 Å². The molecule has 0 unspecified atom stereocenters. The fraction of sp³-hybridized carbons (Fsp3) is 0. The van der Waals surface area contributed by atoms with Gasteiger partial charge >= 0.3 is 0 Å². The van der Waals surface area contributed by atoms with Gasteiger partial charge in [-0.25, -0.2) is 18.5 Å². The minimum absolute atomic E-state index is 0.00605. The number of aldehydes is 1. The number of carbonyl (C=O) groups is 1. The van der Waals surface area contributed by atoms with Crippen LogP contribution in [0.25, 0.3) is 16.7 Å². The Morgan fingerprint density at radius 2 is 1.92 bits per heavy atom. The summed E-state index contributed by atoms with van der Waals surface area (Å²) in [5, 5.41) is 8.42. The van der Waals surface area contributed by atoms with Crippen molar-refractivity contribution in [3.05, 3.63) is 59.6 Å². The van der Waals surface area contributed by atoms with E-state index in [1.54, 1.807) is 18.2 Å². The minimum Gasteiger partial charge on any atom is -0.436 e. The van der Waals surface area contributed by atoms with E-state index in [0.717, 1.165) is 0 Å². The number of oxazole rings is 1. The van der Waals surface area contributed by atoms with Crippen molar-refractivity contribution < 1.29 is 17.6 Å². The molecule has 1 aromatic heterocycles. The summed E-state index contributed by atoms with van der Waals surface area (Å²) in [7, 11) is -3.75. The summed E-state index contributed by atoms with van der Waals surface area (Å²) in [6.45, 7) is 0. The average Bonchev–Trinajstić information content (AvgIpc) is 2.98. The van der Waals surface area contributed by atoms with Gasteiger partial charge in [0.1, 0.15) is 5.52 Å². The number of allylic oxidation sites excluding steroid dienone is 1. The van der Waals surface area contributed by atoms with Crippen LogP contribution in [-0.4, -0.2) is 19.7 Å². The molecule has 25 heavy (non-hydrogen) atoms. The lowest BCUT2D eigenvalue weighted by atomic mass is 10.3. The number of nitrogens with one attached hydrogen (secondary N) is 1. The number of carbonyl (C=O) groups excluding carboxylic acids is 1. The molecular weight excluding hydrogens is 366 g/mol. The van der Waals surface area contributed by atoms with E-state index in [4.69, 9.17) is 21.2 Å². The van der Waals surface area contributed by atoms with Gasteiger partial charge in [-0.15, -0.1) is 0 Å². The van der Waals surface area contributed by atoms with Crippen molar-refractivity contribution in [1.29, 1.82) is 0 Å². The number of primary sulfonamides is 1. The summed E-state index contributed by atoms with van der Waals surface area (Å²) in [6, 6.07) is 10.7. The van der Waals surface area contributed by atoms with Gasteiger partial charge in [-0.3, -0.25) is 4.79 Å². The van der Waals surface area contributed by atoms with Crippen molar-refractivity contribution in [3.8, 4) is 0 Å². The average molecular weight is 378 g/mol. The van der Waals surface area contributed by atoms with Gasteiger partial charge in [-0.2, -0.15) is 0 Å². The Morgan fingerprint density at radius 1 is 1.20 bits per heavy atom. The maximum absolute atomic E-state index is 11.3. The number of halogens is 1. The van der Waals surface area contributed by atoms with Crippen LogP contribution in [0.4, 0.5) is 5.69 Å². The molecule has 0 atom stereocenters. The lowest BCUT2D eigenvalue weighted by Crippen LogP contribution is -2.11. The van der Waals surface area contributed by atoms with Crippen LogP contribution in [0.1, 0.15) is 5.89 Å². The molecule has 3 N–H and O–H groups in total. The van der Waals surface area contributed by atoms with Gasteiger partial charge in [0.15, 0.2) is 11.9 Å². The number of aromatic nitrogens is 1. The first-order valence-electron chi connectivity index (χ1n) is 6.98. The monoisotopic (exact) mass is 377 g/mol. The number of nitrogens with zero attached hydrogens (tertiary/aromatic N) is 1. The number of rotatable bonds is 5. The highest BCUT2D eigenvalue weighted by Crippen LogP contribution is 2.23. The fourth-order valence-corrected chi connectivity index (χ4v) is 2.75. The van der Waals surface area contributed by atoms with Crippen molar-refractivity contribution in [2.24, 2.45) is 5.14 Å². The maximum atomic E-state index is 11.3. The van der Waals surface area contributed by atoms with Crippen molar-refractivity contribution in [2.45, 2.75) is 4.90 Å². The first kappa shape index (κ1) is 17.2. The number of nitrogens with two attached hydrogens (primary N) is 1. The highest BCUT2D eigenvalue weighted by molar-refractivity contribution is 7.89. The molecule has 3 aromatic rings. The molecule has 1 heterocycles.